The van der Waals surface area contributed by atoms with Gasteiger partial charge in [-0.05, 0) is 41.5 Å². The van der Waals surface area contributed by atoms with Crippen LogP contribution in [0.4, 0.5) is 24.7 Å². The van der Waals surface area contributed by atoms with Crippen molar-refractivity contribution in [1.82, 2.24) is 15.0 Å². The minimum absolute atomic E-state index is 0.0213. The molecule has 3 aromatic heterocycles. The molecule has 0 bridgehead atoms. The number of aromatic nitrogens is 3. The molecule has 0 unspecified atom stereocenters. The molecule has 11 heteroatoms. The van der Waals surface area contributed by atoms with Crippen molar-refractivity contribution in [3.05, 3.63) is 82.8 Å². The van der Waals surface area contributed by atoms with Crippen LogP contribution in [-0.2, 0) is 30.7 Å². The summed E-state index contributed by atoms with van der Waals surface area (Å²) in [6.07, 6.45) is -2.19. The average Bonchev–Trinajstić information content (AvgIpc) is 3.37. The lowest BCUT2D eigenvalue weighted by molar-refractivity contribution is -0.141. The van der Waals surface area contributed by atoms with Gasteiger partial charge in [-0.1, -0.05) is 12.1 Å². The van der Waals surface area contributed by atoms with Crippen LogP contribution in [0.25, 0.3) is 10.9 Å². The number of hydrogen-bond donors (Lipinski definition) is 1. The molecule has 0 saturated heterocycles. The Morgan fingerprint density at radius 3 is 2.67 bits per heavy atom. The van der Waals surface area contributed by atoms with Gasteiger partial charge in [0.25, 0.3) is 5.91 Å². The monoisotopic (exact) mass is 495 g/mol. The summed E-state index contributed by atoms with van der Waals surface area (Å²) >= 11 is 0. The van der Waals surface area contributed by atoms with E-state index in [-0.39, 0.29) is 18.0 Å². The minimum Gasteiger partial charge on any atom is -0.480 e. The quantitative estimate of drug-likeness (QED) is 0.434. The fourth-order valence-corrected chi connectivity index (χ4v) is 4.16. The highest BCUT2D eigenvalue weighted by atomic mass is 19.4. The lowest BCUT2D eigenvalue weighted by Crippen LogP contribution is -2.31. The van der Waals surface area contributed by atoms with E-state index in [2.05, 4.69) is 15.0 Å². The Labute approximate surface area is 203 Å². The van der Waals surface area contributed by atoms with Crippen molar-refractivity contribution in [2.24, 2.45) is 0 Å². The van der Waals surface area contributed by atoms with Crippen molar-refractivity contribution in [3.63, 3.8) is 0 Å². The van der Waals surface area contributed by atoms with Gasteiger partial charge in [0.1, 0.15) is 17.2 Å². The second-order valence-electron chi connectivity index (χ2n) is 8.15. The summed E-state index contributed by atoms with van der Waals surface area (Å²) in [5, 5.41) is 0.907. The van der Waals surface area contributed by atoms with Crippen molar-refractivity contribution in [2.75, 3.05) is 17.7 Å². The topological polar surface area (TPSA) is 103 Å². The maximum absolute atomic E-state index is 13.5. The summed E-state index contributed by atoms with van der Waals surface area (Å²) in [6, 6.07) is 10.7. The van der Waals surface area contributed by atoms with Gasteiger partial charge in [-0.2, -0.15) is 13.2 Å². The Morgan fingerprint density at radius 1 is 1.14 bits per heavy atom. The first-order valence-electron chi connectivity index (χ1n) is 10.9. The number of alkyl halides is 3. The van der Waals surface area contributed by atoms with E-state index in [1.807, 2.05) is 18.2 Å². The zero-order valence-electron chi connectivity index (χ0n) is 19.0. The van der Waals surface area contributed by atoms with Crippen molar-refractivity contribution in [1.29, 1.82) is 0 Å². The highest BCUT2D eigenvalue weighted by Gasteiger charge is 2.33. The van der Waals surface area contributed by atoms with E-state index in [9.17, 15) is 18.0 Å². The molecular formula is C25H20F3N5O3. The summed E-state index contributed by atoms with van der Waals surface area (Å²) in [5.74, 6) is 0.00568. The van der Waals surface area contributed by atoms with Crippen molar-refractivity contribution >= 4 is 28.3 Å². The molecule has 2 N–H and O–H groups in total. The van der Waals surface area contributed by atoms with Gasteiger partial charge >= 0.3 is 6.18 Å². The molecular weight excluding hydrogens is 475 g/mol. The normalized spacial score (nSPS) is 13.0. The summed E-state index contributed by atoms with van der Waals surface area (Å²) in [5.41, 5.74) is 8.59. The van der Waals surface area contributed by atoms with E-state index in [1.165, 1.54) is 18.2 Å². The summed E-state index contributed by atoms with van der Waals surface area (Å²) in [6.45, 7) is 0.916. The molecule has 0 spiro atoms. The molecule has 1 aliphatic rings. The first-order valence-corrected chi connectivity index (χ1v) is 10.9. The number of pyridine rings is 3. The number of nitrogen functional groups attached to an aromatic ring is 1. The lowest BCUT2D eigenvalue weighted by Gasteiger charge is -2.24. The summed E-state index contributed by atoms with van der Waals surface area (Å²) in [4.78, 5) is 27.0. The van der Waals surface area contributed by atoms with Gasteiger partial charge in [0, 0.05) is 23.3 Å². The molecule has 1 amide bonds. The maximum Gasteiger partial charge on any atom is 0.433 e. The second kappa shape index (κ2) is 9.08. The molecule has 8 nitrogen and oxygen atoms in total. The number of hydrogen-bond acceptors (Lipinski definition) is 7. The molecule has 1 aliphatic heterocycles. The number of nitrogens with two attached hydrogens (primary N) is 1. The molecule has 4 heterocycles. The Kier molecular flexibility index (Phi) is 5.92. The van der Waals surface area contributed by atoms with E-state index in [1.54, 1.807) is 12.1 Å². The molecule has 0 atom stereocenters. The van der Waals surface area contributed by atoms with Crippen LogP contribution in [0, 0.1) is 0 Å². The molecule has 4 aromatic rings. The number of amides is 1. The fourth-order valence-electron chi connectivity index (χ4n) is 4.16. The number of rotatable bonds is 5. The maximum atomic E-state index is 13.5. The van der Waals surface area contributed by atoms with Crippen molar-refractivity contribution < 1.29 is 27.4 Å². The van der Waals surface area contributed by atoms with Crippen LogP contribution in [0.3, 0.4) is 0 Å². The Balaban J connectivity index is 1.55. The molecule has 184 valence electrons. The second-order valence-corrected chi connectivity index (χ2v) is 8.15. The Bertz CT molecular complexity index is 1460. The van der Waals surface area contributed by atoms with Gasteiger partial charge in [0.05, 0.1) is 37.9 Å². The lowest BCUT2D eigenvalue weighted by atomic mass is 10.0. The molecule has 0 fully saturated rings. The summed E-state index contributed by atoms with van der Waals surface area (Å²) in [7, 11) is 1.42. The van der Waals surface area contributed by atoms with Crippen LogP contribution in [-0.4, -0.2) is 28.0 Å². The standard InChI is InChI=1S/C25H20F3N5O3/c1-35-23-20(3-2-8-30-23)33(24(34)15-5-7-21(31-10-15)25(26,27)28)11-14-4-6-16-17-12-36-13-18(17)22(29)32-19(16)9-14/h2-10H,11-13H2,1H3,(H2,29,32). The van der Waals surface area contributed by atoms with Crippen molar-refractivity contribution in [2.45, 2.75) is 25.9 Å². The van der Waals surface area contributed by atoms with E-state index in [0.717, 1.165) is 34.8 Å². The number of methoxy groups -OCH3 is 1. The third kappa shape index (κ3) is 4.29. The number of nitrogens with zero attached hydrogens (tertiary/aromatic N) is 4. The van der Waals surface area contributed by atoms with E-state index in [4.69, 9.17) is 15.2 Å². The van der Waals surface area contributed by atoms with Gasteiger partial charge in [0.2, 0.25) is 5.88 Å². The van der Waals surface area contributed by atoms with Crippen LogP contribution in [0.2, 0.25) is 0 Å². The number of ether oxygens (including phenoxy) is 2. The number of halogens is 3. The number of fused-ring (bicyclic) bond motifs is 3. The SMILES string of the molecule is COc1ncccc1N(Cc1ccc2c3c(c(N)nc2c1)COC3)C(=O)c1ccc(C(F)(F)F)nc1. The number of anilines is 2. The van der Waals surface area contributed by atoms with Gasteiger partial charge in [0.15, 0.2) is 0 Å². The third-order valence-corrected chi connectivity index (χ3v) is 5.92. The average molecular weight is 495 g/mol. The minimum atomic E-state index is -4.61. The van der Waals surface area contributed by atoms with Crippen LogP contribution >= 0.6 is 0 Å². The van der Waals surface area contributed by atoms with E-state index >= 15 is 0 Å². The van der Waals surface area contributed by atoms with Crippen LogP contribution in [0.5, 0.6) is 5.88 Å². The van der Waals surface area contributed by atoms with Gasteiger partial charge in [-0.25, -0.2) is 9.97 Å². The Morgan fingerprint density at radius 2 is 1.94 bits per heavy atom. The molecule has 0 radical (unpaired) electrons. The predicted molar refractivity (Wildman–Crippen MR) is 125 cm³/mol. The highest BCUT2D eigenvalue weighted by Crippen LogP contribution is 2.33. The zero-order chi connectivity index (χ0) is 25.4. The summed E-state index contributed by atoms with van der Waals surface area (Å²) < 4.78 is 49.8. The Hall–Kier alpha value is -4.25. The van der Waals surface area contributed by atoms with Gasteiger partial charge in [-0.15, -0.1) is 0 Å². The molecule has 0 aliphatic carbocycles. The van der Waals surface area contributed by atoms with E-state index in [0.29, 0.717) is 35.8 Å². The molecule has 36 heavy (non-hydrogen) atoms. The molecule has 5 rings (SSSR count). The van der Waals surface area contributed by atoms with Gasteiger partial charge < -0.3 is 15.2 Å². The largest absolute Gasteiger partial charge is 0.480 e. The third-order valence-electron chi connectivity index (χ3n) is 5.92. The fraction of sp³-hybridized carbons (Fsp3) is 0.200. The van der Waals surface area contributed by atoms with E-state index < -0.39 is 17.8 Å². The number of carbonyl (C=O) groups excluding carboxylic acids is 1. The van der Waals surface area contributed by atoms with Gasteiger partial charge in [-0.3, -0.25) is 14.7 Å². The van der Waals surface area contributed by atoms with Crippen LogP contribution in [0.15, 0.2) is 54.9 Å². The van der Waals surface area contributed by atoms with Crippen molar-refractivity contribution in [3.8, 4) is 5.88 Å². The highest BCUT2D eigenvalue weighted by molar-refractivity contribution is 6.06. The molecule has 1 aromatic carbocycles. The first kappa shape index (κ1) is 23.5. The molecule has 0 saturated carbocycles. The van der Waals surface area contributed by atoms with Crippen LogP contribution in [0.1, 0.15) is 32.7 Å². The number of carbonyl (C=O) groups is 1. The van der Waals surface area contributed by atoms with Crippen LogP contribution < -0.4 is 15.4 Å². The zero-order valence-corrected chi connectivity index (χ0v) is 19.0. The smallest absolute Gasteiger partial charge is 0.433 e. The first-order chi connectivity index (χ1) is 17.3. The predicted octanol–water partition coefficient (Wildman–Crippen LogP) is 4.51. The number of benzene rings is 1.